The predicted octanol–water partition coefficient (Wildman–Crippen LogP) is 2.46. The van der Waals surface area contributed by atoms with Crippen molar-refractivity contribution < 1.29 is 9.50 Å². The molecule has 1 rings (SSSR count). The molecule has 1 aromatic rings. The van der Waals surface area contributed by atoms with Gasteiger partial charge in [-0.1, -0.05) is 12.1 Å². The van der Waals surface area contributed by atoms with Gasteiger partial charge < -0.3 is 10.4 Å². The minimum atomic E-state index is -0.167. The minimum absolute atomic E-state index is 0.167. The Kier molecular flexibility index (Phi) is 8.05. The van der Waals surface area contributed by atoms with Gasteiger partial charge in [-0.15, -0.1) is 0 Å². The summed E-state index contributed by atoms with van der Waals surface area (Å²) >= 11 is 1.85. The molecule has 0 aliphatic rings. The highest BCUT2D eigenvalue weighted by Gasteiger charge is 2.03. The summed E-state index contributed by atoms with van der Waals surface area (Å²) in [6.45, 7) is 3.34. The lowest BCUT2D eigenvalue weighted by Crippen LogP contribution is -2.30. The molecule has 4 heteroatoms. The maximum atomic E-state index is 13.0. The van der Waals surface area contributed by atoms with Gasteiger partial charge in [0.2, 0.25) is 0 Å². The van der Waals surface area contributed by atoms with Crippen LogP contribution in [0.2, 0.25) is 0 Å². The first-order chi connectivity index (χ1) is 8.72. The maximum Gasteiger partial charge on any atom is 0.123 e. The monoisotopic (exact) mass is 271 g/mol. The van der Waals surface area contributed by atoms with E-state index in [9.17, 15) is 4.39 Å². The van der Waals surface area contributed by atoms with Gasteiger partial charge in [0.05, 0.1) is 0 Å². The van der Waals surface area contributed by atoms with Crippen molar-refractivity contribution in [3.8, 4) is 0 Å². The molecule has 1 unspecified atom stereocenters. The normalized spacial score (nSPS) is 12.6. The van der Waals surface area contributed by atoms with E-state index in [4.69, 9.17) is 5.11 Å². The number of halogens is 1. The van der Waals surface area contributed by atoms with E-state index in [2.05, 4.69) is 12.2 Å². The predicted molar refractivity (Wildman–Crippen MR) is 76.6 cm³/mol. The zero-order valence-corrected chi connectivity index (χ0v) is 11.7. The summed E-state index contributed by atoms with van der Waals surface area (Å²) < 4.78 is 13.0. The molecular formula is C14H22FNOS. The number of hydrogen-bond donors (Lipinski definition) is 2. The van der Waals surface area contributed by atoms with Crippen molar-refractivity contribution in [1.82, 2.24) is 5.32 Å². The standard InChI is InChI=1S/C14H22FNOS/c1-12(16-6-9-18-8-3-7-17)10-13-4-2-5-14(15)11-13/h2,4-5,11-12,16-17H,3,6-10H2,1H3. The van der Waals surface area contributed by atoms with Crippen molar-refractivity contribution in [3.05, 3.63) is 35.6 Å². The summed E-state index contributed by atoms with van der Waals surface area (Å²) in [7, 11) is 0. The zero-order chi connectivity index (χ0) is 13.2. The van der Waals surface area contributed by atoms with Gasteiger partial charge in [-0.3, -0.25) is 0 Å². The highest BCUT2D eigenvalue weighted by atomic mass is 32.2. The van der Waals surface area contributed by atoms with Gasteiger partial charge in [0.1, 0.15) is 5.82 Å². The molecule has 0 radical (unpaired) electrons. The molecule has 18 heavy (non-hydrogen) atoms. The van der Waals surface area contributed by atoms with Crippen molar-refractivity contribution in [1.29, 1.82) is 0 Å². The molecule has 2 nitrogen and oxygen atoms in total. The Morgan fingerprint density at radius 3 is 2.94 bits per heavy atom. The molecule has 0 spiro atoms. The van der Waals surface area contributed by atoms with E-state index in [1.54, 1.807) is 12.1 Å². The molecule has 0 heterocycles. The Balaban J connectivity index is 2.12. The fourth-order valence-electron chi connectivity index (χ4n) is 1.74. The molecule has 0 saturated heterocycles. The largest absolute Gasteiger partial charge is 0.396 e. The highest BCUT2D eigenvalue weighted by molar-refractivity contribution is 7.99. The van der Waals surface area contributed by atoms with Crippen LogP contribution in [-0.4, -0.2) is 35.8 Å². The SMILES string of the molecule is CC(Cc1cccc(F)c1)NCCSCCCO. The van der Waals surface area contributed by atoms with E-state index in [0.29, 0.717) is 6.04 Å². The Bertz CT molecular complexity index is 335. The van der Waals surface area contributed by atoms with E-state index in [0.717, 1.165) is 36.5 Å². The van der Waals surface area contributed by atoms with Gasteiger partial charge in [0.25, 0.3) is 0 Å². The number of hydrogen-bond acceptors (Lipinski definition) is 3. The topological polar surface area (TPSA) is 32.3 Å². The molecule has 0 aliphatic carbocycles. The van der Waals surface area contributed by atoms with Crippen LogP contribution in [-0.2, 0) is 6.42 Å². The molecule has 0 saturated carbocycles. The molecule has 0 fully saturated rings. The number of nitrogens with one attached hydrogen (secondary N) is 1. The zero-order valence-electron chi connectivity index (χ0n) is 10.9. The van der Waals surface area contributed by atoms with Crippen LogP contribution in [0.5, 0.6) is 0 Å². The van der Waals surface area contributed by atoms with E-state index in [-0.39, 0.29) is 12.4 Å². The number of aliphatic hydroxyl groups is 1. The van der Waals surface area contributed by atoms with E-state index >= 15 is 0 Å². The Morgan fingerprint density at radius 2 is 2.22 bits per heavy atom. The van der Waals surface area contributed by atoms with Crippen LogP contribution in [0, 0.1) is 5.82 Å². The van der Waals surface area contributed by atoms with Crippen LogP contribution in [0.4, 0.5) is 4.39 Å². The summed E-state index contributed by atoms with van der Waals surface area (Å²) in [4.78, 5) is 0. The van der Waals surface area contributed by atoms with Crippen LogP contribution in [0.3, 0.4) is 0 Å². The molecular weight excluding hydrogens is 249 g/mol. The highest BCUT2D eigenvalue weighted by Crippen LogP contribution is 2.06. The van der Waals surface area contributed by atoms with Crippen molar-refractivity contribution in [2.24, 2.45) is 0 Å². The Labute approximate surface area is 113 Å². The third kappa shape index (κ3) is 6.99. The second-order valence-corrected chi connectivity index (χ2v) is 5.60. The Morgan fingerprint density at radius 1 is 1.39 bits per heavy atom. The maximum absolute atomic E-state index is 13.0. The number of benzene rings is 1. The molecule has 0 aromatic heterocycles. The Hall–Kier alpha value is -0.580. The molecule has 1 atom stereocenters. The van der Waals surface area contributed by atoms with E-state index in [1.165, 1.54) is 6.07 Å². The third-order valence-electron chi connectivity index (χ3n) is 2.62. The molecule has 2 N–H and O–H groups in total. The fourth-order valence-corrected chi connectivity index (χ4v) is 2.54. The minimum Gasteiger partial charge on any atom is -0.396 e. The molecule has 0 amide bonds. The van der Waals surface area contributed by atoms with Gasteiger partial charge in [-0.25, -0.2) is 4.39 Å². The number of rotatable bonds is 9. The van der Waals surface area contributed by atoms with Gasteiger partial charge in [-0.05, 0) is 43.2 Å². The molecule has 0 bridgehead atoms. The van der Waals surface area contributed by atoms with Crippen molar-refractivity contribution in [3.63, 3.8) is 0 Å². The van der Waals surface area contributed by atoms with Crippen LogP contribution >= 0.6 is 11.8 Å². The van der Waals surface area contributed by atoms with Gasteiger partial charge in [0.15, 0.2) is 0 Å². The first kappa shape index (κ1) is 15.5. The lowest BCUT2D eigenvalue weighted by molar-refractivity contribution is 0.296. The van der Waals surface area contributed by atoms with Crippen LogP contribution in [0.1, 0.15) is 18.9 Å². The molecule has 0 aliphatic heterocycles. The van der Waals surface area contributed by atoms with Gasteiger partial charge in [0, 0.05) is 24.9 Å². The second-order valence-electron chi connectivity index (χ2n) is 4.38. The van der Waals surface area contributed by atoms with Crippen LogP contribution in [0.25, 0.3) is 0 Å². The molecule has 102 valence electrons. The van der Waals surface area contributed by atoms with Crippen LogP contribution in [0.15, 0.2) is 24.3 Å². The summed E-state index contributed by atoms with van der Waals surface area (Å²) in [6, 6.07) is 7.12. The van der Waals surface area contributed by atoms with Crippen molar-refractivity contribution >= 4 is 11.8 Å². The third-order valence-corrected chi connectivity index (χ3v) is 3.69. The summed E-state index contributed by atoms with van der Waals surface area (Å²) in [5.74, 6) is 1.89. The van der Waals surface area contributed by atoms with E-state index < -0.39 is 0 Å². The van der Waals surface area contributed by atoms with Gasteiger partial charge in [-0.2, -0.15) is 11.8 Å². The first-order valence-corrected chi connectivity index (χ1v) is 7.54. The first-order valence-electron chi connectivity index (χ1n) is 6.39. The average Bonchev–Trinajstić information content (AvgIpc) is 2.33. The van der Waals surface area contributed by atoms with Crippen LogP contribution < -0.4 is 5.32 Å². The van der Waals surface area contributed by atoms with E-state index in [1.807, 2.05) is 17.8 Å². The average molecular weight is 271 g/mol. The molecule has 1 aromatic carbocycles. The fraction of sp³-hybridized carbons (Fsp3) is 0.571. The van der Waals surface area contributed by atoms with Crippen molar-refractivity contribution in [2.45, 2.75) is 25.8 Å². The lowest BCUT2D eigenvalue weighted by Gasteiger charge is -2.13. The summed E-state index contributed by atoms with van der Waals surface area (Å²) in [5, 5.41) is 12.1. The van der Waals surface area contributed by atoms with Crippen molar-refractivity contribution in [2.75, 3.05) is 24.7 Å². The quantitative estimate of drug-likeness (QED) is 0.677. The smallest absolute Gasteiger partial charge is 0.123 e. The number of thioether (sulfide) groups is 1. The number of aliphatic hydroxyl groups excluding tert-OH is 1. The summed E-state index contributed by atoms with van der Waals surface area (Å²) in [5.41, 5.74) is 1.03. The lowest BCUT2D eigenvalue weighted by atomic mass is 10.1. The van der Waals surface area contributed by atoms with Gasteiger partial charge >= 0.3 is 0 Å². The second kappa shape index (κ2) is 9.36. The summed E-state index contributed by atoms with van der Waals surface area (Å²) in [6.07, 6.45) is 1.71.